The van der Waals surface area contributed by atoms with Gasteiger partial charge in [0.05, 0.1) is 0 Å². The second-order valence-corrected chi connectivity index (χ2v) is 17.3. The zero-order chi connectivity index (χ0) is 11.5. The second-order valence-electron chi connectivity index (χ2n) is 4.32. The van der Waals surface area contributed by atoms with Crippen LogP contribution in [0.4, 0.5) is 0 Å². The highest BCUT2D eigenvalue weighted by Crippen LogP contribution is 2.20. The molecule has 4 heteroatoms. The average Bonchev–Trinajstić information content (AvgIpc) is 2.29. The molecule has 84 valence electrons. The highest BCUT2D eigenvalue weighted by Gasteiger charge is 2.49. The van der Waals surface area contributed by atoms with Gasteiger partial charge >= 0.3 is 0 Å². The lowest BCUT2D eigenvalue weighted by Crippen LogP contribution is -2.67. The number of rotatable bonds is 4. The molecule has 0 aromatic heterocycles. The standard InChI is InChI=1S/C11H20O2Si2/c1-12-14(3,4)15(5,13-2)11-9-7-6-8-10-11/h6-10H,1-5H3. The molecule has 15 heavy (non-hydrogen) atoms. The number of hydrogen-bond donors (Lipinski definition) is 0. The molecule has 1 aromatic rings. The van der Waals surface area contributed by atoms with Crippen molar-refractivity contribution >= 4 is 20.9 Å². The fourth-order valence-electron chi connectivity index (χ4n) is 1.66. The monoisotopic (exact) mass is 240 g/mol. The maximum Gasteiger partial charge on any atom is 0.237 e. The molecule has 0 heterocycles. The Morgan fingerprint density at radius 3 is 1.80 bits per heavy atom. The van der Waals surface area contributed by atoms with Crippen molar-refractivity contribution in [2.24, 2.45) is 0 Å². The molecule has 1 aromatic carbocycles. The summed E-state index contributed by atoms with van der Waals surface area (Å²) in [5, 5.41) is 1.33. The third-order valence-electron chi connectivity index (χ3n) is 3.39. The largest absolute Gasteiger partial charge is 0.420 e. The lowest BCUT2D eigenvalue weighted by molar-refractivity contribution is 0.383. The van der Waals surface area contributed by atoms with E-state index in [0.717, 1.165) is 0 Å². The van der Waals surface area contributed by atoms with Crippen molar-refractivity contribution < 1.29 is 8.85 Å². The summed E-state index contributed by atoms with van der Waals surface area (Å²) in [6, 6.07) is 10.5. The first kappa shape index (κ1) is 12.6. The molecule has 1 unspecified atom stereocenters. The SMILES string of the molecule is CO[Si](C)(C)[Si](C)(OC)c1ccccc1. The topological polar surface area (TPSA) is 18.5 Å². The molecule has 0 fully saturated rings. The molecule has 0 aliphatic rings. The molecule has 0 N–H and O–H groups in total. The minimum atomic E-state index is -1.91. The van der Waals surface area contributed by atoms with Gasteiger partial charge in [0.25, 0.3) is 0 Å². The van der Waals surface area contributed by atoms with Crippen LogP contribution >= 0.6 is 0 Å². The Labute approximate surface area is 94.3 Å². The van der Waals surface area contributed by atoms with E-state index < -0.39 is 15.7 Å². The highest BCUT2D eigenvalue weighted by atomic mass is 29.3. The molecule has 1 atom stereocenters. The van der Waals surface area contributed by atoms with Crippen LogP contribution in [-0.4, -0.2) is 29.9 Å². The molecule has 1 rings (SSSR count). The van der Waals surface area contributed by atoms with Crippen molar-refractivity contribution in [3.05, 3.63) is 30.3 Å². The first-order chi connectivity index (χ1) is 6.98. The van der Waals surface area contributed by atoms with E-state index in [9.17, 15) is 0 Å². The van der Waals surface area contributed by atoms with Gasteiger partial charge in [-0.1, -0.05) is 30.3 Å². The van der Waals surface area contributed by atoms with E-state index in [1.807, 2.05) is 13.2 Å². The van der Waals surface area contributed by atoms with Crippen LogP contribution in [0.25, 0.3) is 0 Å². The maximum absolute atomic E-state index is 5.86. The summed E-state index contributed by atoms with van der Waals surface area (Å²) < 4.78 is 11.6. The Balaban J connectivity index is 3.17. The third-order valence-corrected chi connectivity index (χ3v) is 17.9. The first-order valence-corrected chi connectivity index (χ1v) is 11.5. The van der Waals surface area contributed by atoms with Crippen LogP contribution in [0.5, 0.6) is 0 Å². The minimum absolute atomic E-state index is 1.33. The van der Waals surface area contributed by atoms with E-state index in [-0.39, 0.29) is 0 Å². The molecular formula is C11H20O2Si2. The van der Waals surface area contributed by atoms with E-state index in [2.05, 4.69) is 43.9 Å². The zero-order valence-electron chi connectivity index (χ0n) is 10.2. The van der Waals surface area contributed by atoms with Gasteiger partial charge in [-0.15, -0.1) is 0 Å². The number of hydrogen-bond acceptors (Lipinski definition) is 2. The Morgan fingerprint density at radius 1 is 0.867 bits per heavy atom. The van der Waals surface area contributed by atoms with Crippen LogP contribution in [-0.2, 0) is 8.85 Å². The fraction of sp³-hybridized carbons (Fsp3) is 0.455. The van der Waals surface area contributed by atoms with Crippen molar-refractivity contribution in [1.82, 2.24) is 0 Å². The summed E-state index contributed by atoms with van der Waals surface area (Å²) in [5.74, 6) is 0. The Kier molecular flexibility index (Phi) is 3.89. The Morgan fingerprint density at radius 2 is 1.40 bits per heavy atom. The zero-order valence-corrected chi connectivity index (χ0v) is 12.2. The Hall–Kier alpha value is -0.426. The van der Waals surface area contributed by atoms with Gasteiger partial charge in [0.15, 0.2) is 0 Å². The quantitative estimate of drug-likeness (QED) is 0.750. The van der Waals surface area contributed by atoms with Gasteiger partial charge in [0.1, 0.15) is 0 Å². The van der Waals surface area contributed by atoms with E-state index in [4.69, 9.17) is 8.85 Å². The van der Waals surface area contributed by atoms with Crippen LogP contribution in [0.2, 0.25) is 19.6 Å². The van der Waals surface area contributed by atoms with Crippen molar-refractivity contribution in [1.29, 1.82) is 0 Å². The first-order valence-electron chi connectivity index (χ1n) is 5.14. The summed E-state index contributed by atoms with van der Waals surface area (Å²) >= 11 is 0. The van der Waals surface area contributed by atoms with Crippen molar-refractivity contribution in [3.63, 3.8) is 0 Å². The molecule has 0 saturated heterocycles. The van der Waals surface area contributed by atoms with Crippen LogP contribution in [0.15, 0.2) is 30.3 Å². The van der Waals surface area contributed by atoms with Crippen molar-refractivity contribution in [3.8, 4) is 0 Å². The van der Waals surface area contributed by atoms with Crippen LogP contribution < -0.4 is 5.19 Å². The molecule has 0 aliphatic heterocycles. The van der Waals surface area contributed by atoms with Gasteiger partial charge in [0.2, 0.25) is 15.7 Å². The van der Waals surface area contributed by atoms with Gasteiger partial charge in [-0.2, -0.15) is 0 Å². The summed E-state index contributed by atoms with van der Waals surface area (Å²) in [6.07, 6.45) is 0. The highest BCUT2D eigenvalue weighted by molar-refractivity contribution is 7.41. The molecular weight excluding hydrogens is 220 g/mol. The summed E-state index contributed by atoms with van der Waals surface area (Å²) in [5.41, 5.74) is 0. The van der Waals surface area contributed by atoms with Crippen LogP contribution in [0.3, 0.4) is 0 Å². The third kappa shape index (κ3) is 2.23. The lowest BCUT2D eigenvalue weighted by atomic mass is 10.4. The predicted molar refractivity (Wildman–Crippen MR) is 69.2 cm³/mol. The Bertz CT molecular complexity index is 314. The minimum Gasteiger partial charge on any atom is -0.420 e. The van der Waals surface area contributed by atoms with Crippen molar-refractivity contribution in [2.75, 3.05) is 14.2 Å². The molecule has 0 bridgehead atoms. The average molecular weight is 240 g/mol. The summed E-state index contributed by atoms with van der Waals surface area (Å²) in [6.45, 7) is 6.71. The maximum atomic E-state index is 5.86. The van der Waals surface area contributed by atoms with E-state index in [1.54, 1.807) is 7.11 Å². The molecule has 0 radical (unpaired) electrons. The van der Waals surface area contributed by atoms with Crippen molar-refractivity contribution in [2.45, 2.75) is 19.6 Å². The van der Waals surface area contributed by atoms with Crippen LogP contribution in [0.1, 0.15) is 0 Å². The van der Waals surface area contributed by atoms with Gasteiger partial charge < -0.3 is 8.85 Å². The summed E-state index contributed by atoms with van der Waals surface area (Å²) in [7, 11) is -0.0481. The molecule has 0 saturated carbocycles. The number of benzene rings is 1. The predicted octanol–water partition coefficient (Wildman–Crippen LogP) is 2.05. The molecule has 0 spiro atoms. The molecule has 0 aliphatic carbocycles. The van der Waals surface area contributed by atoms with Gasteiger partial charge in [-0.05, 0) is 24.8 Å². The smallest absolute Gasteiger partial charge is 0.237 e. The van der Waals surface area contributed by atoms with E-state index in [1.165, 1.54) is 5.19 Å². The van der Waals surface area contributed by atoms with Gasteiger partial charge in [-0.3, -0.25) is 0 Å². The van der Waals surface area contributed by atoms with Crippen LogP contribution in [0, 0.1) is 0 Å². The van der Waals surface area contributed by atoms with E-state index in [0.29, 0.717) is 0 Å². The second kappa shape index (κ2) is 4.61. The van der Waals surface area contributed by atoms with E-state index >= 15 is 0 Å². The van der Waals surface area contributed by atoms with Gasteiger partial charge in [-0.25, -0.2) is 0 Å². The lowest BCUT2D eigenvalue weighted by Gasteiger charge is -2.37. The normalized spacial score (nSPS) is 16.1. The molecule has 0 amide bonds. The summed E-state index contributed by atoms with van der Waals surface area (Å²) in [4.78, 5) is 0. The van der Waals surface area contributed by atoms with Gasteiger partial charge in [0, 0.05) is 14.2 Å². The fourth-order valence-corrected chi connectivity index (χ4v) is 9.53. The molecule has 2 nitrogen and oxygen atoms in total.